The maximum Gasteiger partial charge on any atom is 0.337 e. The number of nitrogens with one attached hydrogen (secondary N) is 1. The predicted octanol–water partition coefficient (Wildman–Crippen LogP) is 2.11. The number of nitrogens with zero attached hydrogens (tertiary/aromatic N) is 1. The number of hydrogen-bond acceptors (Lipinski definition) is 4. The van der Waals surface area contributed by atoms with Crippen LogP contribution in [0.3, 0.4) is 0 Å². The van der Waals surface area contributed by atoms with Crippen molar-refractivity contribution in [2.45, 2.75) is 26.1 Å². The smallest absolute Gasteiger partial charge is 0.337 e. The van der Waals surface area contributed by atoms with Crippen LogP contribution in [0.25, 0.3) is 0 Å². The van der Waals surface area contributed by atoms with Gasteiger partial charge < -0.3 is 19.7 Å². The van der Waals surface area contributed by atoms with Crippen molar-refractivity contribution in [3.8, 4) is 0 Å². The van der Waals surface area contributed by atoms with Crippen LogP contribution in [0.15, 0.2) is 24.3 Å². The van der Waals surface area contributed by atoms with E-state index in [1.54, 1.807) is 29.2 Å². The molecule has 2 atom stereocenters. The van der Waals surface area contributed by atoms with Crippen LogP contribution < -0.4 is 5.32 Å². The van der Waals surface area contributed by atoms with Crippen LogP contribution >= 0.6 is 0 Å². The molecule has 1 saturated heterocycles. The van der Waals surface area contributed by atoms with E-state index < -0.39 is 5.97 Å². The number of anilines is 1. The third-order valence-electron chi connectivity index (χ3n) is 3.26. The second kappa shape index (κ2) is 6.58. The van der Waals surface area contributed by atoms with Crippen molar-refractivity contribution in [1.29, 1.82) is 0 Å². The van der Waals surface area contributed by atoms with Crippen LogP contribution in [0.1, 0.15) is 24.2 Å². The van der Waals surface area contributed by atoms with Gasteiger partial charge in [0.15, 0.2) is 0 Å². The van der Waals surface area contributed by atoms with Crippen LogP contribution in [0, 0.1) is 0 Å². The highest BCUT2D eigenvalue weighted by Gasteiger charge is 2.25. The Balaban J connectivity index is 1.97. The van der Waals surface area contributed by atoms with Crippen LogP contribution in [-0.2, 0) is 9.47 Å². The number of amides is 2. The lowest BCUT2D eigenvalue weighted by Gasteiger charge is -2.35. The third-order valence-corrected chi connectivity index (χ3v) is 3.26. The Hall–Kier alpha value is -2.08. The van der Waals surface area contributed by atoms with E-state index in [9.17, 15) is 9.59 Å². The van der Waals surface area contributed by atoms with E-state index in [-0.39, 0.29) is 18.2 Å². The molecule has 1 heterocycles. The number of methoxy groups -OCH3 is 1. The third kappa shape index (κ3) is 3.95. The SMILES string of the molecule is COC(=O)c1ccc(NC(=O)N2C[C@@H](C)O[C@H](C)C2)cc1. The highest BCUT2D eigenvalue weighted by atomic mass is 16.5. The van der Waals surface area contributed by atoms with E-state index in [4.69, 9.17) is 4.74 Å². The van der Waals surface area contributed by atoms with Gasteiger partial charge in [0, 0.05) is 18.8 Å². The molecule has 6 heteroatoms. The minimum Gasteiger partial charge on any atom is -0.465 e. The molecule has 0 radical (unpaired) electrons. The molecule has 1 aliphatic heterocycles. The first-order chi connectivity index (χ1) is 9.99. The van der Waals surface area contributed by atoms with Crippen molar-refractivity contribution in [2.24, 2.45) is 0 Å². The van der Waals surface area contributed by atoms with Gasteiger partial charge >= 0.3 is 12.0 Å². The zero-order chi connectivity index (χ0) is 15.4. The van der Waals surface area contributed by atoms with E-state index in [2.05, 4.69) is 10.1 Å². The van der Waals surface area contributed by atoms with Crippen LogP contribution in [0.5, 0.6) is 0 Å². The predicted molar refractivity (Wildman–Crippen MR) is 78.4 cm³/mol. The van der Waals surface area contributed by atoms with Crippen molar-refractivity contribution < 1.29 is 19.1 Å². The molecular weight excluding hydrogens is 272 g/mol. The molecule has 1 fully saturated rings. The standard InChI is InChI=1S/C15H20N2O4/c1-10-8-17(9-11(2)21-10)15(19)16-13-6-4-12(5-7-13)14(18)20-3/h4-7,10-11H,8-9H2,1-3H3,(H,16,19)/t10-,11-/m1/s1. The quantitative estimate of drug-likeness (QED) is 0.848. The first-order valence-electron chi connectivity index (χ1n) is 6.89. The number of hydrogen-bond donors (Lipinski definition) is 1. The zero-order valence-corrected chi connectivity index (χ0v) is 12.5. The Bertz CT molecular complexity index is 505. The Morgan fingerprint density at radius 2 is 1.76 bits per heavy atom. The summed E-state index contributed by atoms with van der Waals surface area (Å²) in [5.41, 5.74) is 1.09. The summed E-state index contributed by atoms with van der Waals surface area (Å²) >= 11 is 0. The fourth-order valence-corrected chi connectivity index (χ4v) is 2.35. The lowest BCUT2D eigenvalue weighted by atomic mass is 10.2. The molecule has 0 saturated carbocycles. The fourth-order valence-electron chi connectivity index (χ4n) is 2.35. The lowest BCUT2D eigenvalue weighted by Crippen LogP contribution is -2.49. The molecule has 0 bridgehead atoms. The second-order valence-corrected chi connectivity index (χ2v) is 5.16. The number of esters is 1. The largest absolute Gasteiger partial charge is 0.465 e. The van der Waals surface area contributed by atoms with Gasteiger partial charge in [-0.05, 0) is 38.1 Å². The molecule has 2 amide bonds. The minimum atomic E-state index is -0.399. The fraction of sp³-hybridized carbons (Fsp3) is 0.467. The monoisotopic (exact) mass is 292 g/mol. The van der Waals surface area contributed by atoms with E-state index in [1.807, 2.05) is 13.8 Å². The first-order valence-corrected chi connectivity index (χ1v) is 6.89. The van der Waals surface area contributed by atoms with Gasteiger partial charge in [-0.3, -0.25) is 0 Å². The van der Waals surface area contributed by atoms with E-state index in [0.29, 0.717) is 24.3 Å². The molecule has 21 heavy (non-hydrogen) atoms. The molecule has 1 aromatic rings. The van der Waals surface area contributed by atoms with E-state index >= 15 is 0 Å². The van der Waals surface area contributed by atoms with Gasteiger partial charge in [-0.25, -0.2) is 9.59 Å². The normalized spacial score (nSPS) is 21.8. The second-order valence-electron chi connectivity index (χ2n) is 5.16. The van der Waals surface area contributed by atoms with Crippen molar-refractivity contribution in [3.63, 3.8) is 0 Å². The Kier molecular flexibility index (Phi) is 4.80. The summed E-state index contributed by atoms with van der Waals surface area (Å²) in [5, 5.41) is 2.82. The number of rotatable bonds is 2. The summed E-state index contributed by atoms with van der Waals surface area (Å²) in [6.07, 6.45) is 0.0578. The number of ether oxygens (including phenoxy) is 2. The van der Waals surface area contributed by atoms with Gasteiger partial charge in [0.25, 0.3) is 0 Å². The summed E-state index contributed by atoms with van der Waals surface area (Å²) in [6.45, 7) is 5.02. The Morgan fingerprint density at radius 1 is 1.19 bits per heavy atom. The molecule has 0 aliphatic carbocycles. The Labute approximate surface area is 124 Å². The summed E-state index contributed by atoms with van der Waals surface area (Å²) in [6, 6.07) is 6.43. The maximum atomic E-state index is 12.2. The highest BCUT2D eigenvalue weighted by molar-refractivity contribution is 5.92. The van der Waals surface area contributed by atoms with E-state index in [1.165, 1.54) is 7.11 Å². The van der Waals surface area contributed by atoms with Crippen LogP contribution in [-0.4, -0.2) is 49.3 Å². The maximum absolute atomic E-state index is 12.2. The van der Waals surface area contributed by atoms with Crippen LogP contribution in [0.4, 0.5) is 10.5 Å². The molecule has 1 aliphatic rings. The number of carbonyl (C=O) groups excluding carboxylic acids is 2. The van der Waals surface area contributed by atoms with Crippen molar-refractivity contribution in [3.05, 3.63) is 29.8 Å². The van der Waals surface area contributed by atoms with E-state index in [0.717, 1.165) is 0 Å². The number of morpholine rings is 1. The summed E-state index contributed by atoms with van der Waals surface area (Å²) in [7, 11) is 1.33. The van der Waals surface area contributed by atoms with Crippen molar-refractivity contribution in [1.82, 2.24) is 4.90 Å². The average molecular weight is 292 g/mol. The summed E-state index contributed by atoms with van der Waals surface area (Å²) < 4.78 is 10.2. The Morgan fingerprint density at radius 3 is 2.29 bits per heavy atom. The van der Waals surface area contributed by atoms with Crippen molar-refractivity contribution >= 4 is 17.7 Å². The molecule has 1 N–H and O–H groups in total. The molecule has 0 aromatic heterocycles. The summed E-state index contributed by atoms with van der Waals surface area (Å²) in [4.78, 5) is 25.3. The molecule has 6 nitrogen and oxygen atoms in total. The topological polar surface area (TPSA) is 67.9 Å². The molecule has 1 aromatic carbocycles. The lowest BCUT2D eigenvalue weighted by molar-refractivity contribution is -0.0530. The number of benzene rings is 1. The average Bonchev–Trinajstić information content (AvgIpc) is 2.46. The van der Waals surface area contributed by atoms with Gasteiger partial charge in [0.2, 0.25) is 0 Å². The van der Waals surface area contributed by atoms with Gasteiger partial charge in [-0.15, -0.1) is 0 Å². The molecule has 2 rings (SSSR count). The minimum absolute atomic E-state index is 0.0289. The highest BCUT2D eigenvalue weighted by Crippen LogP contribution is 2.14. The zero-order valence-electron chi connectivity index (χ0n) is 12.5. The van der Waals surface area contributed by atoms with Gasteiger partial charge in [-0.2, -0.15) is 0 Å². The molecular formula is C15H20N2O4. The molecule has 0 unspecified atom stereocenters. The molecule has 0 spiro atoms. The van der Waals surface area contributed by atoms with Gasteiger partial charge in [-0.1, -0.05) is 0 Å². The van der Waals surface area contributed by atoms with Gasteiger partial charge in [0.1, 0.15) is 0 Å². The van der Waals surface area contributed by atoms with Crippen LogP contribution in [0.2, 0.25) is 0 Å². The first kappa shape index (κ1) is 15.3. The number of carbonyl (C=O) groups is 2. The molecule has 114 valence electrons. The summed E-state index contributed by atoms with van der Waals surface area (Å²) in [5.74, 6) is -0.399. The van der Waals surface area contributed by atoms with Gasteiger partial charge in [0.05, 0.1) is 24.9 Å². The van der Waals surface area contributed by atoms with Crippen molar-refractivity contribution in [2.75, 3.05) is 25.5 Å². The number of urea groups is 1.